The standard InChI is InChI=1S/C31H65P/c1-5-9-13-14-15-16-17-18-19-20-21-22-23-24-25-27-30(26-10-6-2)31(32,28-11-7-3)29-12-8-4/h30H,5-29,32H2,1-4H3. The maximum absolute atomic E-state index is 3.40. The van der Waals surface area contributed by atoms with E-state index in [1.165, 1.54) is 161 Å². The van der Waals surface area contributed by atoms with E-state index in [1.807, 2.05) is 0 Å². The van der Waals surface area contributed by atoms with Gasteiger partial charge in [-0.2, -0.15) is 0 Å². The van der Waals surface area contributed by atoms with Crippen molar-refractivity contribution in [2.24, 2.45) is 5.92 Å². The molecule has 0 aromatic heterocycles. The third kappa shape index (κ3) is 18.8. The number of hydrogen-bond donors (Lipinski definition) is 0. The molecule has 0 saturated heterocycles. The van der Waals surface area contributed by atoms with Crippen molar-refractivity contribution in [3.05, 3.63) is 0 Å². The summed E-state index contributed by atoms with van der Waals surface area (Å²) in [7, 11) is 3.40. The summed E-state index contributed by atoms with van der Waals surface area (Å²) in [6.45, 7) is 9.40. The average Bonchev–Trinajstić information content (AvgIpc) is 2.80. The third-order valence-corrected chi connectivity index (χ3v) is 8.92. The van der Waals surface area contributed by atoms with Crippen molar-refractivity contribution >= 4 is 9.24 Å². The Labute approximate surface area is 208 Å². The Morgan fingerprint density at radius 3 is 1.09 bits per heavy atom. The van der Waals surface area contributed by atoms with Crippen LogP contribution in [0, 0.1) is 5.92 Å². The Morgan fingerprint density at radius 1 is 0.406 bits per heavy atom. The van der Waals surface area contributed by atoms with E-state index in [1.54, 1.807) is 0 Å². The molecule has 2 atom stereocenters. The first-order valence-corrected chi connectivity index (χ1v) is 16.0. The molecule has 0 spiro atoms. The number of unbranched alkanes of at least 4 members (excludes halogenated alkanes) is 17. The summed E-state index contributed by atoms with van der Waals surface area (Å²) in [5.41, 5.74) is 0. The molecule has 0 aromatic rings. The first kappa shape index (κ1) is 32.4. The Balaban J connectivity index is 3.91. The minimum Gasteiger partial charge on any atom is -0.131 e. The summed E-state index contributed by atoms with van der Waals surface area (Å²) in [4.78, 5) is 0. The van der Waals surface area contributed by atoms with Crippen LogP contribution in [0.4, 0.5) is 0 Å². The van der Waals surface area contributed by atoms with E-state index in [-0.39, 0.29) is 0 Å². The summed E-state index contributed by atoms with van der Waals surface area (Å²) < 4.78 is 0. The molecule has 0 aliphatic carbocycles. The fourth-order valence-electron chi connectivity index (χ4n) is 5.48. The van der Waals surface area contributed by atoms with Gasteiger partial charge in [-0.15, -0.1) is 9.24 Å². The zero-order valence-electron chi connectivity index (χ0n) is 23.3. The zero-order valence-corrected chi connectivity index (χ0v) is 24.5. The molecule has 0 heterocycles. The highest BCUT2D eigenvalue weighted by molar-refractivity contribution is 7.19. The molecule has 32 heavy (non-hydrogen) atoms. The second kappa shape index (κ2) is 24.6. The van der Waals surface area contributed by atoms with Gasteiger partial charge in [0.2, 0.25) is 0 Å². The molecule has 2 unspecified atom stereocenters. The topological polar surface area (TPSA) is 0 Å². The molecular formula is C31H65P. The minimum absolute atomic E-state index is 0.525. The molecule has 1 heteroatoms. The second-order valence-corrected chi connectivity index (χ2v) is 12.2. The van der Waals surface area contributed by atoms with Gasteiger partial charge < -0.3 is 0 Å². The molecule has 0 aromatic carbocycles. The van der Waals surface area contributed by atoms with Gasteiger partial charge in [-0.25, -0.2) is 0 Å². The number of rotatable bonds is 26. The Morgan fingerprint density at radius 2 is 0.719 bits per heavy atom. The van der Waals surface area contributed by atoms with E-state index in [2.05, 4.69) is 36.9 Å². The van der Waals surface area contributed by atoms with E-state index in [9.17, 15) is 0 Å². The first-order valence-electron chi connectivity index (χ1n) is 15.4. The van der Waals surface area contributed by atoms with Crippen LogP contribution in [0.3, 0.4) is 0 Å². The lowest BCUT2D eigenvalue weighted by Gasteiger charge is -2.39. The fraction of sp³-hybridized carbons (Fsp3) is 1.00. The van der Waals surface area contributed by atoms with Gasteiger partial charge in [-0.3, -0.25) is 0 Å². The van der Waals surface area contributed by atoms with Crippen molar-refractivity contribution in [1.29, 1.82) is 0 Å². The predicted octanol–water partition coefficient (Wildman–Crippen LogP) is 12.0. The summed E-state index contributed by atoms with van der Waals surface area (Å²) in [5, 5.41) is 0.525. The quantitative estimate of drug-likeness (QED) is 0.0874. The largest absolute Gasteiger partial charge is 0.131 e. The molecule has 0 aliphatic rings. The monoisotopic (exact) mass is 468 g/mol. The van der Waals surface area contributed by atoms with E-state index < -0.39 is 0 Å². The van der Waals surface area contributed by atoms with Crippen molar-refractivity contribution in [2.75, 3.05) is 0 Å². The summed E-state index contributed by atoms with van der Waals surface area (Å²) >= 11 is 0. The van der Waals surface area contributed by atoms with Gasteiger partial charge in [0, 0.05) is 0 Å². The van der Waals surface area contributed by atoms with Gasteiger partial charge >= 0.3 is 0 Å². The van der Waals surface area contributed by atoms with Gasteiger partial charge in [-0.05, 0) is 36.8 Å². The summed E-state index contributed by atoms with van der Waals surface area (Å²) in [6.07, 6.45) is 36.2. The first-order chi connectivity index (χ1) is 15.6. The molecule has 0 radical (unpaired) electrons. The van der Waals surface area contributed by atoms with E-state index in [0.29, 0.717) is 5.16 Å². The molecule has 0 aliphatic heterocycles. The van der Waals surface area contributed by atoms with Gasteiger partial charge in [0.25, 0.3) is 0 Å². The van der Waals surface area contributed by atoms with Gasteiger partial charge in [0.1, 0.15) is 0 Å². The van der Waals surface area contributed by atoms with Crippen molar-refractivity contribution in [3.8, 4) is 0 Å². The Hall–Kier alpha value is 0.430. The molecule has 194 valence electrons. The Bertz CT molecular complexity index is 342. The predicted molar refractivity (Wildman–Crippen MR) is 154 cm³/mol. The van der Waals surface area contributed by atoms with E-state index >= 15 is 0 Å². The zero-order chi connectivity index (χ0) is 23.8. The van der Waals surface area contributed by atoms with Gasteiger partial charge in [0.15, 0.2) is 0 Å². The van der Waals surface area contributed by atoms with Gasteiger partial charge in [-0.1, -0.05) is 163 Å². The van der Waals surface area contributed by atoms with Crippen LogP contribution in [-0.2, 0) is 0 Å². The van der Waals surface area contributed by atoms with E-state index in [0.717, 1.165) is 5.92 Å². The highest BCUT2D eigenvalue weighted by Crippen LogP contribution is 2.43. The third-order valence-electron chi connectivity index (χ3n) is 7.87. The maximum atomic E-state index is 3.40. The van der Waals surface area contributed by atoms with Crippen molar-refractivity contribution < 1.29 is 0 Å². The highest BCUT2D eigenvalue weighted by Gasteiger charge is 2.32. The minimum atomic E-state index is 0.525. The van der Waals surface area contributed by atoms with Crippen LogP contribution in [-0.4, -0.2) is 5.16 Å². The summed E-state index contributed by atoms with van der Waals surface area (Å²) in [6, 6.07) is 0. The number of hydrogen-bond acceptors (Lipinski definition) is 0. The maximum Gasteiger partial charge on any atom is -0.0122 e. The highest BCUT2D eigenvalue weighted by atomic mass is 31.0. The van der Waals surface area contributed by atoms with Crippen LogP contribution in [0.2, 0.25) is 0 Å². The van der Waals surface area contributed by atoms with Crippen LogP contribution >= 0.6 is 9.24 Å². The molecule has 0 saturated carbocycles. The Kier molecular flexibility index (Phi) is 24.9. The lowest BCUT2D eigenvalue weighted by atomic mass is 9.77. The summed E-state index contributed by atoms with van der Waals surface area (Å²) in [5.74, 6) is 0.938. The van der Waals surface area contributed by atoms with Crippen molar-refractivity contribution in [2.45, 2.75) is 193 Å². The second-order valence-electron chi connectivity index (χ2n) is 11.0. The van der Waals surface area contributed by atoms with Crippen LogP contribution in [0.15, 0.2) is 0 Å². The molecule has 0 amide bonds. The van der Waals surface area contributed by atoms with Crippen LogP contribution in [0.1, 0.15) is 188 Å². The lowest BCUT2D eigenvalue weighted by Crippen LogP contribution is -2.32. The lowest BCUT2D eigenvalue weighted by molar-refractivity contribution is 0.274. The fourth-order valence-corrected chi connectivity index (χ4v) is 6.22. The van der Waals surface area contributed by atoms with Crippen molar-refractivity contribution in [3.63, 3.8) is 0 Å². The van der Waals surface area contributed by atoms with Crippen molar-refractivity contribution in [1.82, 2.24) is 0 Å². The van der Waals surface area contributed by atoms with Gasteiger partial charge in [0.05, 0.1) is 0 Å². The smallest absolute Gasteiger partial charge is 0.0122 e. The van der Waals surface area contributed by atoms with Crippen LogP contribution < -0.4 is 0 Å². The van der Waals surface area contributed by atoms with Crippen LogP contribution in [0.25, 0.3) is 0 Å². The molecule has 0 fully saturated rings. The molecule has 0 N–H and O–H groups in total. The molecule has 0 nitrogen and oxygen atoms in total. The van der Waals surface area contributed by atoms with Crippen LogP contribution in [0.5, 0.6) is 0 Å². The van der Waals surface area contributed by atoms with E-state index in [4.69, 9.17) is 0 Å². The average molecular weight is 469 g/mol. The molecular weight excluding hydrogens is 403 g/mol. The molecule has 0 rings (SSSR count). The molecule has 0 bridgehead atoms. The SMILES string of the molecule is CCCCCCCCCCCCCCCCCC(CCCC)C(P)(CCCC)CCCC. The normalized spacial score (nSPS) is 13.0.